The van der Waals surface area contributed by atoms with Crippen molar-refractivity contribution in [1.82, 2.24) is 0 Å². The summed E-state index contributed by atoms with van der Waals surface area (Å²) in [4.78, 5) is 0. The molecule has 70 valence electrons. The smallest absolute Gasteiger partial charge is 0.00314 e. The molecule has 0 aromatic heterocycles. The summed E-state index contributed by atoms with van der Waals surface area (Å²) in [6.07, 6.45) is 10.7. The first-order valence-corrected chi connectivity index (χ1v) is 6.58. The molecule has 0 saturated heterocycles. The van der Waals surface area contributed by atoms with Crippen LogP contribution in [0.3, 0.4) is 0 Å². The second-order valence-corrected chi connectivity index (χ2v) is 5.40. The first-order chi connectivity index (χ1) is 5.90. The molecule has 0 heterocycles. The van der Waals surface area contributed by atoms with E-state index in [1.165, 1.54) is 18.2 Å². The van der Waals surface area contributed by atoms with Gasteiger partial charge in [0.1, 0.15) is 0 Å². The molecule has 12 heavy (non-hydrogen) atoms. The van der Waals surface area contributed by atoms with Gasteiger partial charge in [-0.1, -0.05) is 28.8 Å². The molecule has 0 N–H and O–H groups in total. The van der Waals surface area contributed by atoms with Gasteiger partial charge in [0.15, 0.2) is 0 Å². The SMILES string of the molecule is BrCCCC1CC2CCC1CC2. The maximum atomic E-state index is 3.53. The van der Waals surface area contributed by atoms with Crippen molar-refractivity contribution in [3.8, 4) is 0 Å². The highest BCUT2D eigenvalue weighted by molar-refractivity contribution is 9.09. The van der Waals surface area contributed by atoms with E-state index in [2.05, 4.69) is 15.9 Å². The van der Waals surface area contributed by atoms with Gasteiger partial charge >= 0.3 is 0 Å². The largest absolute Gasteiger partial charge is 0.0928 e. The normalized spacial score (nSPS) is 40.2. The number of alkyl halides is 1. The van der Waals surface area contributed by atoms with Gasteiger partial charge in [-0.05, 0) is 49.9 Å². The zero-order valence-corrected chi connectivity index (χ0v) is 9.35. The van der Waals surface area contributed by atoms with E-state index in [9.17, 15) is 0 Å². The molecular weight excluding hydrogens is 212 g/mol. The Balaban J connectivity index is 1.82. The molecule has 2 bridgehead atoms. The predicted molar refractivity (Wildman–Crippen MR) is 56.6 cm³/mol. The maximum absolute atomic E-state index is 3.53. The average molecular weight is 231 g/mol. The predicted octanol–water partition coefficient (Wildman–Crippen LogP) is 3.99. The Hall–Kier alpha value is 0.480. The van der Waals surface area contributed by atoms with Crippen LogP contribution < -0.4 is 0 Å². The fourth-order valence-electron chi connectivity index (χ4n) is 3.21. The van der Waals surface area contributed by atoms with Crippen LogP contribution >= 0.6 is 15.9 Å². The molecule has 3 fully saturated rings. The van der Waals surface area contributed by atoms with Crippen LogP contribution in [-0.2, 0) is 0 Å². The van der Waals surface area contributed by atoms with Crippen molar-refractivity contribution in [1.29, 1.82) is 0 Å². The molecule has 0 aliphatic heterocycles. The van der Waals surface area contributed by atoms with E-state index in [0.29, 0.717) is 0 Å². The third-order valence-electron chi connectivity index (χ3n) is 3.90. The van der Waals surface area contributed by atoms with Crippen LogP contribution in [0.4, 0.5) is 0 Å². The van der Waals surface area contributed by atoms with Crippen molar-refractivity contribution in [2.24, 2.45) is 17.8 Å². The third-order valence-corrected chi connectivity index (χ3v) is 4.46. The van der Waals surface area contributed by atoms with Gasteiger partial charge in [0.05, 0.1) is 0 Å². The van der Waals surface area contributed by atoms with Crippen molar-refractivity contribution in [3.63, 3.8) is 0 Å². The minimum absolute atomic E-state index is 1.11. The van der Waals surface area contributed by atoms with E-state index in [0.717, 1.165) is 17.8 Å². The van der Waals surface area contributed by atoms with Gasteiger partial charge in [-0.15, -0.1) is 0 Å². The number of halogens is 1. The zero-order chi connectivity index (χ0) is 8.39. The van der Waals surface area contributed by atoms with Gasteiger partial charge in [0.2, 0.25) is 0 Å². The first kappa shape index (κ1) is 9.05. The second kappa shape index (κ2) is 4.13. The van der Waals surface area contributed by atoms with E-state index in [-0.39, 0.29) is 0 Å². The molecule has 3 rings (SSSR count). The van der Waals surface area contributed by atoms with E-state index in [1.807, 2.05) is 0 Å². The van der Waals surface area contributed by atoms with E-state index in [1.54, 1.807) is 32.1 Å². The summed E-state index contributed by atoms with van der Waals surface area (Å²) in [6.45, 7) is 0. The standard InChI is InChI=1S/C11H19Br/c12-7-1-2-11-8-9-3-5-10(11)6-4-9/h9-11H,1-8H2. The van der Waals surface area contributed by atoms with Crippen molar-refractivity contribution in [3.05, 3.63) is 0 Å². The molecular formula is C11H19Br. The Bertz CT molecular complexity index is 136. The van der Waals surface area contributed by atoms with Crippen LogP contribution in [-0.4, -0.2) is 5.33 Å². The fourth-order valence-corrected chi connectivity index (χ4v) is 3.53. The summed E-state index contributed by atoms with van der Waals surface area (Å²) in [5, 5.41) is 1.21. The van der Waals surface area contributed by atoms with Gasteiger partial charge in [-0.2, -0.15) is 0 Å². The highest BCUT2D eigenvalue weighted by Gasteiger charge is 2.34. The Morgan fingerprint density at radius 2 is 1.83 bits per heavy atom. The van der Waals surface area contributed by atoms with E-state index in [4.69, 9.17) is 0 Å². The molecule has 0 radical (unpaired) electrons. The number of hydrogen-bond acceptors (Lipinski definition) is 0. The van der Waals surface area contributed by atoms with Crippen LogP contribution in [0.15, 0.2) is 0 Å². The van der Waals surface area contributed by atoms with Gasteiger partial charge < -0.3 is 0 Å². The molecule has 0 amide bonds. The maximum Gasteiger partial charge on any atom is 0.00314 e. The van der Waals surface area contributed by atoms with Crippen LogP contribution in [0, 0.1) is 17.8 Å². The summed E-state index contributed by atoms with van der Waals surface area (Å²) in [5.41, 5.74) is 0. The van der Waals surface area contributed by atoms with E-state index < -0.39 is 0 Å². The van der Waals surface area contributed by atoms with Gasteiger partial charge in [-0.3, -0.25) is 0 Å². The van der Waals surface area contributed by atoms with Gasteiger partial charge in [0.25, 0.3) is 0 Å². The molecule has 1 heteroatoms. The molecule has 3 aliphatic carbocycles. The number of rotatable bonds is 3. The average Bonchev–Trinajstić information content (AvgIpc) is 2.17. The third kappa shape index (κ3) is 1.86. The minimum Gasteiger partial charge on any atom is -0.0928 e. The molecule has 0 nitrogen and oxygen atoms in total. The lowest BCUT2D eigenvalue weighted by atomic mass is 9.64. The van der Waals surface area contributed by atoms with Crippen molar-refractivity contribution in [2.45, 2.75) is 44.9 Å². The van der Waals surface area contributed by atoms with Gasteiger partial charge in [-0.25, -0.2) is 0 Å². The lowest BCUT2D eigenvalue weighted by Gasteiger charge is -2.42. The monoisotopic (exact) mass is 230 g/mol. The molecule has 0 aromatic rings. The quantitative estimate of drug-likeness (QED) is 0.644. The molecule has 1 atom stereocenters. The molecule has 3 saturated carbocycles. The summed E-state index contributed by atoms with van der Waals surface area (Å²) in [5.74, 6) is 3.35. The Morgan fingerprint density at radius 3 is 2.33 bits per heavy atom. The minimum atomic E-state index is 1.11. The van der Waals surface area contributed by atoms with Crippen molar-refractivity contribution in [2.75, 3.05) is 5.33 Å². The lowest BCUT2D eigenvalue weighted by Crippen LogP contribution is -2.31. The van der Waals surface area contributed by atoms with Crippen LogP contribution in [0.25, 0.3) is 0 Å². The van der Waals surface area contributed by atoms with Crippen LogP contribution in [0.2, 0.25) is 0 Å². The second-order valence-electron chi connectivity index (χ2n) is 4.61. The van der Waals surface area contributed by atoms with Crippen LogP contribution in [0.5, 0.6) is 0 Å². The fraction of sp³-hybridized carbons (Fsp3) is 1.00. The Kier molecular flexibility index (Phi) is 3.11. The van der Waals surface area contributed by atoms with E-state index >= 15 is 0 Å². The summed E-state index contributed by atoms with van der Waals surface area (Å²) >= 11 is 3.53. The summed E-state index contributed by atoms with van der Waals surface area (Å²) in [6, 6.07) is 0. The summed E-state index contributed by atoms with van der Waals surface area (Å²) < 4.78 is 0. The highest BCUT2D eigenvalue weighted by Crippen LogP contribution is 2.46. The van der Waals surface area contributed by atoms with Crippen LogP contribution in [0.1, 0.15) is 44.9 Å². The highest BCUT2D eigenvalue weighted by atomic mass is 79.9. The lowest BCUT2D eigenvalue weighted by molar-refractivity contribution is 0.0928. The summed E-state index contributed by atoms with van der Waals surface area (Å²) in [7, 11) is 0. The van der Waals surface area contributed by atoms with Gasteiger partial charge in [0, 0.05) is 5.33 Å². The molecule has 0 spiro atoms. The van der Waals surface area contributed by atoms with Crippen molar-refractivity contribution < 1.29 is 0 Å². The number of hydrogen-bond donors (Lipinski definition) is 0. The molecule has 1 unspecified atom stereocenters. The van der Waals surface area contributed by atoms with Crippen molar-refractivity contribution >= 4 is 15.9 Å². The molecule has 0 aromatic carbocycles. The first-order valence-electron chi connectivity index (χ1n) is 5.46. The zero-order valence-electron chi connectivity index (χ0n) is 7.77. The molecule has 3 aliphatic rings. The number of fused-ring (bicyclic) bond motifs is 3. The Labute approximate surface area is 84.2 Å². The Morgan fingerprint density at radius 1 is 1.08 bits per heavy atom. The topological polar surface area (TPSA) is 0 Å².